The molecule has 2 nitrogen and oxygen atoms in total. The van der Waals surface area contributed by atoms with Crippen LogP contribution in [0.1, 0.15) is 53.2 Å². The summed E-state index contributed by atoms with van der Waals surface area (Å²) in [5.74, 6) is 0. The summed E-state index contributed by atoms with van der Waals surface area (Å²) in [7, 11) is -1.78. The molecule has 21 heavy (non-hydrogen) atoms. The Morgan fingerprint density at radius 1 is 1.00 bits per heavy atom. The molecule has 0 aliphatic heterocycles. The highest BCUT2D eigenvalue weighted by atomic mass is 28.4. The fourth-order valence-corrected chi connectivity index (χ4v) is 3.66. The summed E-state index contributed by atoms with van der Waals surface area (Å²) in [5.41, 5.74) is 1.30. The van der Waals surface area contributed by atoms with Gasteiger partial charge in [-0.05, 0) is 44.5 Å². The van der Waals surface area contributed by atoms with Crippen LogP contribution >= 0.6 is 0 Å². The van der Waals surface area contributed by atoms with Crippen LogP contribution in [-0.4, -0.2) is 20.4 Å². The first kappa shape index (κ1) is 18.4. The monoisotopic (exact) mass is 308 g/mol. The number of benzene rings is 1. The van der Waals surface area contributed by atoms with E-state index in [1.54, 1.807) is 0 Å². The number of rotatable bonds is 6. The smallest absolute Gasteiger partial charge is 0.193 e. The van der Waals surface area contributed by atoms with Gasteiger partial charge in [-0.3, -0.25) is 0 Å². The molecular formula is C18H34NOSi+. The average molecular weight is 309 g/mol. The molecule has 1 aromatic carbocycles. The molecule has 0 unspecified atom stereocenters. The van der Waals surface area contributed by atoms with Gasteiger partial charge in [-0.2, -0.15) is 0 Å². The largest absolute Gasteiger partial charge is 0.404 e. The van der Waals surface area contributed by atoms with Crippen LogP contribution in [0.5, 0.6) is 0 Å². The van der Waals surface area contributed by atoms with Crippen LogP contribution in [0.2, 0.25) is 18.1 Å². The van der Waals surface area contributed by atoms with E-state index in [4.69, 9.17) is 4.43 Å². The van der Waals surface area contributed by atoms with Gasteiger partial charge in [0.1, 0.15) is 12.1 Å². The lowest BCUT2D eigenvalue weighted by molar-refractivity contribution is -0.719. The van der Waals surface area contributed by atoms with Gasteiger partial charge in [0.2, 0.25) is 0 Å². The number of hydrogen-bond acceptors (Lipinski definition) is 1. The Bertz CT molecular complexity index is 423. The van der Waals surface area contributed by atoms with E-state index in [0.29, 0.717) is 12.1 Å². The van der Waals surface area contributed by atoms with Crippen molar-refractivity contribution in [1.29, 1.82) is 0 Å². The minimum atomic E-state index is -1.78. The molecule has 0 saturated heterocycles. The van der Waals surface area contributed by atoms with Crippen LogP contribution in [0.25, 0.3) is 0 Å². The van der Waals surface area contributed by atoms with E-state index in [-0.39, 0.29) is 11.1 Å². The maximum absolute atomic E-state index is 6.76. The number of nitrogens with two attached hydrogens (primary N) is 1. The lowest BCUT2D eigenvalue weighted by Gasteiger charge is -2.40. The van der Waals surface area contributed by atoms with E-state index in [1.807, 2.05) is 0 Å². The van der Waals surface area contributed by atoms with Gasteiger partial charge in [0.15, 0.2) is 8.32 Å². The lowest BCUT2D eigenvalue weighted by atomic mass is 10.0. The fourth-order valence-electron chi connectivity index (χ4n) is 2.32. The van der Waals surface area contributed by atoms with E-state index in [9.17, 15) is 0 Å². The number of hydrogen-bond donors (Lipinski definition) is 1. The van der Waals surface area contributed by atoms with Crippen molar-refractivity contribution >= 4 is 8.32 Å². The summed E-state index contributed by atoms with van der Waals surface area (Å²) in [6.45, 7) is 18.4. The van der Waals surface area contributed by atoms with E-state index in [2.05, 4.69) is 90.3 Å². The molecule has 0 radical (unpaired) electrons. The second-order valence-electron chi connectivity index (χ2n) is 8.01. The molecule has 0 bridgehead atoms. The van der Waals surface area contributed by atoms with Crippen molar-refractivity contribution in [3.63, 3.8) is 0 Å². The van der Waals surface area contributed by atoms with Crippen LogP contribution in [0.15, 0.2) is 30.3 Å². The highest BCUT2D eigenvalue weighted by molar-refractivity contribution is 6.74. The van der Waals surface area contributed by atoms with Gasteiger partial charge in [0.25, 0.3) is 0 Å². The summed E-state index contributed by atoms with van der Waals surface area (Å²) in [6, 6.07) is 11.7. The van der Waals surface area contributed by atoms with Gasteiger partial charge in [-0.25, -0.2) is 0 Å². The number of quaternary nitrogens is 1. The molecule has 1 rings (SSSR count). The first-order valence-electron chi connectivity index (χ1n) is 8.12. The zero-order valence-corrected chi connectivity index (χ0v) is 16.1. The van der Waals surface area contributed by atoms with Crippen LogP contribution in [-0.2, 0) is 4.43 Å². The molecule has 0 fully saturated rings. The van der Waals surface area contributed by atoms with Crippen molar-refractivity contribution < 1.29 is 9.74 Å². The topological polar surface area (TPSA) is 25.8 Å². The molecule has 0 aliphatic rings. The van der Waals surface area contributed by atoms with E-state index in [1.165, 1.54) is 5.56 Å². The molecule has 2 atom stereocenters. The van der Waals surface area contributed by atoms with E-state index < -0.39 is 8.32 Å². The second kappa shape index (κ2) is 7.08. The van der Waals surface area contributed by atoms with Crippen molar-refractivity contribution in [2.75, 3.05) is 0 Å². The van der Waals surface area contributed by atoms with E-state index >= 15 is 0 Å². The lowest BCUT2D eigenvalue weighted by Crippen LogP contribution is -2.94. The molecule has 0 amide bonds. The van der Waals surface area contributed by atoms with Crippen molar-refractivity contribution in [2.45, 2.75) is 77.9 Å². The Morgan fingerprint density at radius 3 is 1.95 bits per heavy atom. The standard InChI is InChI=1S/C18H33NOSi/c1-14(2)19-15(3)17(16-12-10-9-11-13-16)20-21(7,8)18(4,5)6/h9-15,17,19H,1-8H3/p+1/t15-,17-/m0/s1. The third kappa shape index (κ3) is 5.24. The fraction of sp³-hybridized carbons (Fsp3) is 0.667. The van der Waals surface area contributed by atoms with Gasteiger partial charge in [0, 0.05) is 0 Å². The van der Waals surface area contributed by atoms with Crippen molar-refractivity contribution in [3.8, 4) is 0 Å². The summed E-state index contributed by atoms with van der Waals surface area (Å²) < 4.78 is 6.76. The normalized spacial score (nSPS) is 16.0. The Labute approximate surface area is 132 Å². The van der Waals surface area contributed by atoms with Gasteiger partial charge in [-0.1, -0.05) is 51.1 Å². The maximum Gasteiger partial charge on any atom is 0.193 e. The molecule has 0 saturated carbocycles. The minimum Gasteiger partial charge on any atom is -0.404 e. The zero-order chi connectivity index (χ0) is 16.3. The minimum absolute atomic E-state index is 0.162. The Hall–Kier alpha value is -0.643. The summed E-state index contributed by atoms with van der Waals surface area (Å²) in [5, 5.41) is 2.64. The molecule has 120 valence electrons. The zero-order valence-electron chi connectivity index (χ0n) is 15.1. The van der Waals surface area contributed by atoms with E-state index in [0.717, 1.165) is 0 Å². The van der Waals surface area contributed by atoms with Crippen LogP contribution < -0.4 is 5.32 Å². The van der Waals surface area contributed by atoms with Crippen molar-refractivity contribution in [1.82, 2.24) is 0 Å². The highest BCUT2D eigenvalue weighted by Crippen LogP contribution is 2.40. The first-order chi connectivity index (χ1) is 9.54. The molecule has 1 aromatic rings. The molecule has 0 aliphatic carbocycles. The Balaban J connectivity index is 3.03. The summed E-state index contributed by atoms with van der Waals surface area (Å²) >= 11 is 0. The Kier molecular flexibility index (Phi) is 6.20. The molecular weight excluding hydrogens is 274 g/mol. The maximum atomic E-state index is 6.76. The third-order valence-electron chi connectivity index (χ3n) is 4.52. The molecule has 0 aromatic heterocycles. The SMILES string of the molecule is CC(C)[NH2+][C@@H](C)[C@H](O[Si](C)(C)C(C)(C)C)c1ccccc1. The molecule has 0 spiro atoms. The highest BCUT2D eigenvalue weighted by Gasteiger charge is 2.41. The van der Waals surface area contributed by atoms with Gasteiger partial charge >= 0.3 is 0 Å². The molecule has 3 heteroatoms. The molecule has 2 N–H and O–H groups in total. The summed E-state index contributed by atoms with van der Waals surface area (Å²) in [6.07, 6.45) is 0.162. The van der Waals surface area contributed by atoms with Gasteiger partial charge in [-0.15, -0.1) is 0 Å². The first-order valence-corrected chi connectivity index (χ1v) is 11.0. The van der Waals surface area contributed by atoms with Crippen LogP contribution in [0.3, 0.4) is 0 Å². The predicted molar refractivity (Wildman–Crippen MR) is 94.0 cm³/mol. The van der Waals surface area contributed by atoms with Gasteiger partial charge in [0.05, 0.1) is 6.04 Å². The Morgan fingerprint density at radius 2 is 1.52 bits per heavy atom. The van der Waals surface area contributed by atoms with Crippen molar-refractivity contribution in [3.05, 3.63) is 35.9 Å². The van der Waals surface area contributed by atoms with Gasteiger partial charge < -0.3 is 9.74 Å². The summed E-state index contributed by atoms with van der Waals surface area (Å²) in [4.78, 5) is 0. The third-order valence-corrected chi connectivity index (χ3v) is 8.98. The predicted octanol–water partition coefficient (Wildman–Crippen LogP) is 4.11. The second-order valence-corrected chi connectivity index (χ2v) is 12.8. The van der Waals surface area contributed by atoms with Crippen LogP contribution in [0, 0.1) is 0 Å². The quantitative estimate of drug-likeness (QED) is 0.786. The van der Waals surface area contributed by atoms with Crippen LogP contribution in [0.4, 0.5) is 0 Å². The molecule has 0 heterocycles. The average Bonchev–Trinajstić information content (AvgIpc) is 2.34. The van der Waals surface area contributed by atoms with Crippen molar-refractivity contribution in [2.24, 2.45) is 0 Å².